The van der Waals surface area contributed by atoms with E-state index in [0.29, 0.717) is 30.5 Å². The smallest absolute Gasteiger partial charge is 0.241 e. The van der Waals surface area contributed by atoms with Crippen molar-refractivity contribution in [3.05, 3.63) is 58.1 Å². The van der Waals surface area contributed by atoms with Crippen LogP contribution in [0.3, 0.4) is 0 Å². The van der Waals surface area contributed by atoms with Gasteiger partial charge in [0.05, 0.1) is 22.9 Å². The fourth-order valence-electron chi connectivity index (χ4n) is 3.21. The van der Waals surface area contributed by atoms with E-state index in [1.54, 1.807) is 4.90 Å². The molecule has 29 heavy (non-hydrogen) atoms. The van der Waals surface area contributed by atoms with Crippen LogP contribution in [0.15, 0.2) is 46.9 Å². The Bertz CT molecular complexity index is 876. The maximum absolute atomic E-state index is 13.0. The molecule has 2 aromatic rings. The zero-order chi connectivity index (χ0) is 20.8. The summed E-state index contributed by atoms with van der Waals surface area (Å²) in [6, 6.07) is 14.0. The van der Waals surface area contributed by atoms with Gasteiger partial charge in [-0.1, -0.05) is 54.3 Å². The molecule has 7 heteroatoms. The van der Waals surface area contributed by atoms with Crippen molar-refractivity contribution in [2.75, 3.05) is 19.8 Å². The summed E-state index contributed by atoms with van der Waals surface area (Å²) in [5.41, 5.74) is 2.17. The summed E-state index contributed by atoms with van der Waals surface area (Å²) in [5.74, 6) is 1.56. The lowest BCUT2D eigenvalue weighted by Gasteiger charge is -2.17. The topological polar surface area (TPSA) is 38.8 Å². The summed E-state index contributed by atoms with van der Waals surface area (Å²) in [6.45, 7) is 5.62. The van der Waals surface area contributed by atoms with Gasteiger partial charge in [0.2, 0.25) is 5.91 Å². The molecule has 1 aliphatic rings. The lowest BCUT2D eigenvalue weighted by atomic mass is 10.1. The molecule has 3 rings (SSSR count). The molecule has 1 heterocycles. The number of halogens is 1. The van der Waals surface area contributed by atoms with Crippen LogP contribution in [0, 0.1) is 0 Å². The Kier molecular flexibility index (Phi) is 7.98. The van der Waals surface area contributed by atoms with Gasteiger partial charge in [-0.25, -0.2) is 0 Å². The van der Waals surface area contributed by atoms with Crippen molar-refractivity contribution >= 4 is 50.1 Å². The lowest BCUT2D eigenvalue weighted by molar-refractivity contribution is -0.126. The van der Waals surface area contributed by atoms with Crippen molar-refractivity contribution in [3.8, 4) is 11.5 Å². The third-order valence-electron chi connectivity index (χ3n) is 4.59. The molecule has 0 bridgehead atoms. The number of thiocarbonyl (C=S) groups is 1. The first kappa shape index (κ1) is 22.1. The highest BCUT2D eigenvalue weighted by Gasteiger charge is 2.37. The van der Waals surface area contributed by atoms with Crippen molar-refractivity contribution < 1.29 is 14.3 Å². The molecule has 0 spiro atoms. The molecular formula is C22H24BrNO3S2. The van der Waals surface area contributed by atoms with Crippen LogP contribution in [0.2, 0.25) is 0 Å². The molecule has 1 amide bonds. The molecule has 0 aliphatic carbocycles. The van der Waals surface area contributed by atoms with E-state index in [2.05, 4.69) is 28.1 Å². The molecule has 0 N–H and O–H groups in total. The number of carbonyl (C=O) groups is 1. The fourth-order valence-corrected chi connectivity index (χ4v) is 5.28. The monoisotopic (exact) mass is 493 g/mol. The van der Waals surface area contributed by atoms with E-state index < -0.39 is 0 Å². The van der Waals surface area contributed by atoms with Crippen molar-refractivity contribution in [1.82, 2.24) is 4.90 Å². The zero-order valence-electron chi connectivity index (χ0n) is 16.5. The third-order valence-corrected chi connectivity index (χ3v) is 6.80. The predicted molar refractivity (Wildman–Crippen MR) is 126 cm³/mol. The number of hydrogen-bond acceptors (Lipinski definition) is 5. The van der Waals surface area contributed by atoms with Crippen LogP contribution in [0.5, 0.6) is 11.5 Å². The Morgan fingerprint density at radius 3 is 2.48 bits per heavy atom. The maximum Gasteiger partial charge on any atom is 0.241 e. The van der Waals surface area contributed by atoms with Gasteiger partial charge >= 0.3 is 0 Å². The highest BCUT2D eigenvalue weighted by Crippen LogP contribution is 2.37. The maximum atomic E-state index is 13.0. The molecule has 0 unspecified atom stereocenters. The summed E-state index contributed by atoms with van der Waals surface area (Å²) in [7, 11) is 0. The first-order valence-electron chi connectivity index (χ1n) is 9.67. The second-order valence-corrected chi connectivity index (χ2v) is 9.25. The van der Waals surface area contributed by atoms with E-state index in [9.17, 15) is 4.79 Å². The lowest BCUT2D eigenvalue weighted by Crippen LogP contribution is -2.33. The number of benzene rings is 2. The molecule has 1 atom stereocenters. The Hall–Kier alpha value is -1.57. The summed E-state index contributed by atoms with van der Waals surface area (Å²) >= 11 is 10.5. The van der Waals surface area contributed by atoms with Gasteiger partial charge in [0.1, 0.15) is 15.8 Å². The van der Waals surface area contributed by atoms with Gasteiger partial charge in [-0.2, -0.15) is 0 Å². The standard InChI is InChI=1S/C22H24BrNO3S2/c1-3-26-18-14-19(27-4-2)17(23)12-16(18)13-20-21(25)24(22(28)29-20)11-10-15-8-6-5-7-9-15/h5-9,12,14,20H,3-4,10-11,13H2,1-2H3/t20-/m0/s1. The third kappa shape index (κ3) is 5.53. The molecule has 1 fully saturated rings. The minimum atomic E-state index is -0.234. The molecule has 1 aliphatic heterocycles. The van der Waals surface area contributed by atoms with E-state index in [1.807, 2.05) is 44.2 Å². The number of carbonyl (C=O) groups excluding carboxylic acids is 1. The summed E-state index contributed by atoms with van der Waals surface area (Å²) in [5, 5.41) is -0.234. The van der Waals surface area contributed by atoms with Crippen LogP contribution in [-0.2, 0) is 17.6 Å². The zero-order valence-corrected chi connectivity index (χ0v) is 19.7. The largest absolute Gasteiger partial charge is 0.493 e. The summed E-state index contributed by atoms with van der Waals surface area (Å²) in [4.78, 5) is 14.7. The van der Waals surface area contributed by atoms with Crippen molar-refractivity contribution in [2.45, 2.75) is 31.9 Å². The van der Waals surface area contributed by atoms with Crippen LogP contribution in [-0.4, -0.2) is 40.1 Å². The van der Waals surface area contributed by atoms with Gasteiger partial charge in [-0.15, -0.1) is 0 Å². The van der Waals surface area contributed by atoms with Crippen LogP contribution < -0.4 is 9.47 Å². The van der Waals surface area contributed by atoms with Gasteiger partial charge in [0, 0.05) is 12.6 Å². The Morgan fingerprint density at radius 2 is 1.79 bits per heavy atom. The molecule has 1 saturated heterocycles. The molecule has 154 valence electrons. The van der Waals surface area contributed by atoms with Crippen LogP contribution in [0.1, 0.15) is 25.0 Å². The fraction of sp³-hybridized carbons (Fsp3) is 0.364. The van der Waals surface area contributed by atoms with Crippen LogP contribution >= 0.6 is 39.9 Å². The van der Waals surface area contributed by atoms with Gasteiger partial charge in [-0.05, 0) is 59.8 Å². The highest BCUT2D eigenvalue weighted by molar-refractivity contribution is 9.10. The van der Waals surface area contributed by atoms with Gasteiger partial charge in [0.15, 0.2) is 0 Å². The van der Waals surface area contributed by atoms with Crippen molar-refractivity contribution in [1.29, 1.82) is 0 Å². The van der Waals surface area contributed by atoms with Gasteiger partial charge in [0.25, 0.3) is 0 Å². The Balaban J connectivity index is 1.72. The van der Waals surface area contributed by atoms with Gasteiger partial charge in [-0.3, -0.25) is 9.69 Å². The first-order chi connectivity index (χ1) is 14.0. The number of thioether (sulfide) groups is 1. The molecular weight excluding hydrogens is 470 g/mol. The Labute approximate surface area is 190 Å². The van der Waals surface area contributed by atoms with Crippen molar-refractivity contribution in [2.24, 2.45) is 0 Å². The summed E-state index contributed by atoms with van der Waals surface area (Å²) < 4.78 is 13.0. The normalized spacial score (nSPS) is 16.4. The molecule has 4 nitrogen and oxygen atoms in total. The number of ether oxygens (including phenoxy) is 2. The summed E-state index contributed by atoms with van der Waals surface area (Å²) in [6.07, 6.45) is 1.35. The molecule has 0 saturated carbocycles. The van der Waals surface area contributed by atoms with Crippen molar-refractivity contribution in [3.63, 3.8) is 0 Å². The quantitative estimate of drug-likeness (QED) is 0.445. The minimum Gasteiger partial charge on any atom is -0.493 e. The minimum absolute atomic E-state index is 0.0726. The number of rotatable bonds is 9. The van der Waals surface area contributed by atoms with Crippen LogP contribution in [0.4, 0.5) is 0 Å². The number of hydrogen-bond donors (Lipinski definition) is 0. The van der Waals surface area contributed by atoms with E-state index >= 15 is 0 Å². The SMILES string of the molecule is CCOc1cc(OCC)c(C[C@@H]2SC(=S)N(CCc3ccccc3)C2=O)cc1Br. The average Bonchev–Trinajstić information content (AvgIpc) is 2.97. The first-order valence-corrected chi connectivity index (χ1v) is 11.8. The second kappa shape index (κ2) is 10.5. The van der Waals surface area contributed by atoms with E-state index in [0.717, 1.165) is 28.0 Å². The molecule has 2 aromatic carbocycles. The van der Waals surface area contributed by atoms with Crippen LogP contribution in [0.25, 0.3) is 0 Å². The second-order valence-electron chi connectivity index (χ2n) is 6.56. The van der Waals surface area contributed by atoms with Gasteiger partial charge < -0.3 is 9.47 Å². The Morgan fingerprint density at radius 1 is 1.10 bits per heavy atom. The van der Waals surface area contributed by atoms with E-state index in [-0.39, 0.29) is 11.2 Å². The predicted octanol–water partition coefficient (Wildman–Crippen LogP) is 5.26. The number of nitrogens with zero attached hydrogens (tertiary/aromatic N) is 1. The molecule has 0 aromatic heterocycles. The molecule has 0 radical (unpaired) electrons. The van der Waals surface area contributed by atoms with E-state index in [1.165, 1.54) is 17.3 Å². The van der Waals surface area contributed by atoms with E-state index in [4.69, 9.17) is 21.7 Å². The highest BCUT2D eigenvalue weighted by atomic mass is 79.9. The average molecular weight is 494 g/mol. The number of amides is 1.